The standard InChI is InChI=1S/C13H18ClNO2/c1-8(2)9(3)7-15-13(17)11-5-4-10(14)6-12(11)16/h4-6,8-9,16H,7H2,1-3H3,(H,15,17). The van der Waals surface area contributed by atoms with Crippen LogP contribution in [0.2, 0.25) is 5.02 Å². The van der Waals surface area contributed by atoms with Gasteiger partial charge < -0.3 is 10.4 Å². The molecule has 0 saturated carbocycles. The first-order valence-corrected chi connectivity index (χ1v) is 6.06. The number of amides is 1. The first-order valence-electron chi connectivity index (χ1n) is 5.68. The maximum Gasteiger partial charge on any atom is 0.255 e. The van der Waals surface area contributed by atoms with Gasteiger partial charge in [-0.05, 0) is 30.0 Å². The van der Waals surface area contributed by atoms with Gasteiger partial charge >= 0.3 is 0 Å². The van der Waals surface area contributed by atoms with Crippen molar-refractivity contribution in [3.63, 3.8) is 0 Å². The Balaban J connectivity index is 2.64. The second kappa shape index (κ2) is 5.92. The Morgan fingerprint density at radius 3 is 2.59 bits per heavy atom. The molecule has 0 radical (unpaired) electrons. The number of hydrogen-bond acceptors (Lipinski definition) is 2. The van der Waals surface area contributed by atoms with Gasteiger partial charge in [0.25, 0.3) is 5.91 Å². The largest absolute Gasteiger partial charge is 0.507 e. The van der Waals surface area contributed by atoms with Crippen molar-refractivity contribution >= 4 is 17.5 Å². The van der Waals surface area contributed by atoms with E-state index >= 15 is 0 Å². The number of hydrogen-bond donors (Lipinski definition) is 2. The van der Waals surface area contributed by atoms with Gasteiger partial charge in [-0.25, -0.2) is 0 Å². The summed E-state index contributed by atoms with van der Waals surface area (Å²) in [6.45, 7) is 6.89. The van der Waals surface area contributed by atoms with Gasteiger partial charge in [0.2, 0.25) is 0 Å². The normalized spacial score (nSPS) is 12.5. The van der Waals surface area contributed by atoms with Crippen LogP contribution in [-0.4, -0.2) is 17.6 Å². The Labute approximate surface area is 107 Å². The minimum Gasteiger partial charge on any atom is -0.507 e. The van der Waals surface area contributed by atoms with E-state index in [2.05, 4.69) is 26.1 Å². The summed E-state index contributed by atoms with van der Waals surface area (Å²) >= 11 is 5.70. The van der Waals surface area contributed by atoms with Crippen molar-refractivity contribution in [1.82, 2.24) is 5.32 Å². The van der Waals surface area contributed by atoms with Gasteiger partial charge in [0.15, 0.2) is 0 Å². The molecule has 1 amide bonds. The van der Waals surface area contributed by atoms with Crippen molar-refractivity contribution in [3.8, 4) is 5.75 Å². The highest BCUT2D eigenvalue weighted by molar-refractivity contribution is 6.30. The monoisotopic (exact) mass is 255 g/mol. The minimum absolute atomic E-state index is 0.0906. The summed E-state index contributed by atoms with van der Waals surface area (Å²) in [6.07, 6.45) is 0. The quantitative estimate of drug-likeness (QED) is 0.869. The molecule has 1 aromatic carbocycles. The highest BCUT2D eigenvalue weighted by Crippen LogP contribution is 2.21. The highest BCUT2D eigenvalue weighted by Gasteiger charge is 2.13. The van der Waals surface area contributed by atoms with Crippen molar-refractivity contribution < 1.29 is 9.90 Å². The predicted molar refractivity (Wildman–Crippen MR) is 69.5 cm³/mol. The van der Waals surface area contributed by atoms with E-state index in [1.807, 2.05) is 0 Å². The van der Waals surface area contributed by atoms with Crippen molar-refractivity contribution in [2.24, 2.45) is 11.8 Å². The van der Waals surface area contributed by atoms with Crippen molar-refractivity contribution in [3.05, 3.63) is 28.8 Å². The number of halogens is 1. The maximum absolute atomic E-state index is 11.8. The number of carbonyl (C=O) groups excluding carboxylic acids is 1. The lowest BCUT2D eigenvalue weighted by atomic mass is 9.98. The Morgan fingerprint density at radius 2 is 2.06 bits per heavy atom. The lowest BCUT2D eigenvalue weighted by Gasteiger charge is -2.16. The van der Waals surface area contributed by atoms with E-state index in [1.165, 1.54) is 12.1 Å². The fraction of sp³-hybridized carbons (Fsp3) is 0.462. The lowest BCUT2D eigenvalue weighted by Crippen LogP contribution is -2.30. The molecule has 2 N–H and O–H groups in total. The molecule has 0 aliphatic carbocycles. The first-order chi connectivity index (χ1) is 7.91. The second-order valence-corrected chi connectivity index (χ2v) is 5.03. The van der Waals surface area contributed by atoms with Crippen molar-refractivity contribution in [1.29, 1.82) is 0 Å². The molecule has 0 aliphatic rings. The summed E-state index contributed by atoms with van der Waals surface area (Å²) in [6, 6.07) is 4.47. The molecule has 1 atom stereocenters. The number of nitrogens with one attached hydrogen (secondary N) is 1. The summed E-state index contributed by atoms with van der Waals surface area (Å²) in [5, 5.41) is 12.8. The van der Waals surface area contributed by atoms with Crippen molar-refractivity contribution in [2.75, 3.05) is 6.54 Å². The number of carbonyl (C=O) groups is 1. The van der Waals surface area contributed by atoms with Crippen LogP contribution in [0.1, 0.15) is 31.1 Å². The van der Waals surface area contributed by atoms with E-state index in [-0.39, 0.29) is 17.2 Å². The summed E-state index contributed by atoms with van der Waals surface area (Å²) in [5.74, 6) is 0.543. The highest BCUT2D eigenvalue weighted by atomic mass is 35.5. The van der Waals surface area contributed by atoms with Crippen LogP contribution in [0, 0.1) is 11.8 Å². The molecule has 3 nitrogen and oxygen atoms in total. The average molecular weight is 256 g/mol. The van der Waals surface area contributed by atoms with Crippen molar-refractivity contribution in [2.45, 2.75) is 20.8 Å². The zero-order valence-corrected chi connectivity index (χ0v) is 11.1. The molecule has 4 heteroatoms. The van der Waals surface area contributed by atoms with E-state index < -0.39 is 0 Å². The van der Waals surface area contributed by atoms with Gasteiger partial charge in [-0.3, -0.25) is 4.79 Å². The third-order valence-corrected chi connectivity index (χ3v) is 3.16. The Hall–Kier alpha value is -1.22. The molecular formula is C13H18ClNO2. The average Bonchev–Trinajstić information content (AvgIpc) is 2.25. The summed E-state index contributed by atoms with van der Waals surface area (Å²) in [5.41, 5.74) is 0.255. The van der Waals surface area contributed by atoms with E-state index in [0.717, 1.165) is 0 Å². The molecule has 0 heterocycles. The summed E-state index contributed by atoms with van der Waals surface area (Å²) in [4.78, 5) is 11.8. The first kappa shape index (κ1) is 13.8. The third kappa shape index (κ3) is 3.93. The molecule has 0 saturated heterocycles. The molecular weight excluding hydrogens is 238 g/mol. The molecule has 0 aliphatic heterocycles. The van der Waals surface area contributed by atoms with Crippen LogP contribution >= 0.6 is 11.6 Å². The van der Waals surface area contributed by atoms with Gasteiger partial charge in [0, 0.05) is 11.6 Å². The van der Waals surface area contributed by atoms with E-state index in [0.29, 0.717) is 23.4 Å². The van der Waals surface area contributed by atoms with Crippen LogP contribution in [0.4, 0.5) is 0 Å². The maximum atomic E-state index is 11.8. The molecule has 0 aromatic heterocycles. The predicted octanol–water partition coefficient (Wildman–Crippen LogP) is 3.07. The topological polar surface area (TPSA) is 49.3 Å². The number of benzene rings is 1. The van der Waals surface area contributed by atoms with E-state index in [9.17, 15) is 9.90 Å². The third-order valence-electron chi connectivity index (χ3n) is 2.93. The molecule has 0 spiro atoms. The number of phenols is 1. The molecule has 0 bridgehead atoms. The zero-order chi connectivity index (χ0) is 13.0. The minimum atomic E-state index is -0.272. The smallest absolute Gasteiger partial charge is 0.255 e. The van der Waals surface area contributed by atoms with Gasteiger partial charge in [-0.15, -0.1) is 0 Å². The molecule has 1 unspecified atom stereocenters. The fourth-order valence-corrected chi connectivity index (χ4v) is 1.45. The van der Waals surface area contributed by atoms with Crippen LogP contribution in [0.3, 0.4) is 0 Å². The number of rotatable bonds is 4. The van der Waals surface area contributed by atoms with Gasteiger partial charge in [-0.1, -0.05) is 32.4 Å². The lowest BCUT2D eigenvalue weighted by molar-refractivity contribution is 0.0942. The summed E-state index contributed by atoms with van der Waals surface area (Å²) in [7, 11) is 0. The second-order valence-electron chi connectivity index (χ2n) is 4.59. The van der Waals surface area contributed by atoms with Gasteiger partial charge in [0.05, 0.1) is 5.56 Å². The SMILES string of the molecule is CC(C)C(C)CNC(=O)c1ccc(Cl)cc1O. The number of phenolic OH excluding ortho intramolecular Hbond substituents is 1. The Bertz CT molecular complexity index is 404. The van der Waals surface area contributed by atoms with Crippen LogP contribution in [0.15, 0.2) is 18.2 Å². The summed E-state index contributed by atoms with van der Waals surface area (Å²) < 4.78 is 0. The Kier molecular flexibility index (Phi) is 4.82. The van der Waals surface area contributed by atoms with Crippen LogP contribution in [0.5, 0.6) is 5.75 Å². The molecule has 17 heavy (non-hydrogen) atoms. The molecule has 1 aromatic rings. The zero-order valence-electron chi connectivity index (χ0n) is 10.3. The Morgan fingerprint density at radius 1 is 1.41 bits per heavy atom. The van der Waals surface area contributed by atoms with Gasteiger partial charge in [-0.2, -0.15) is 0 Å². The van der Waals surface area contributed by atoms with Crippen LogP contribution < -0.4 is 5.32 Å². The molecule has 1 rings (SSSR count). The van der Waals surface area contributed by atoms with E-state index in [1.54, 1.807) is 6.07 Å². The fourth-order valence-electron chi connectivity index (χ4n) is 1.28. The van der Waals surface area contributed by atoms with Crippen LogP contribution in [0.25, 0.3) is 0 Å². The molecule has 94 valence electrons. The molecule has 0 fully saturated rings. The van der Waals surface area contributed by atoms with E-state index in [4.69, 9.17) is 11.6 Å². The number of aromatic hydroxyl groups is 1. The van der Waals surface area contributed by atoms with Crippen LogP contribution in [-0.2, 0) is 0 Å². The van der Waals surface area contributed by atoms with Gasteiger partial charge in [0.1, 0.15) is 5.75 Å².